The number of amides is 3. The van der Waals surface area contributed by atoms with E-state index in [4.69, 9.17) is 4.74 Å². The average molecular weight is 397 g/mol. The summed E-state index contributed by atoms with van der Waals surface area (Å²) in [7, 11) is 0. The van der Waals surface area contributed by atoms with Crippen molar-refractivity contribution in [2.45, 2.75) is 40.0 Å². The Morgan fingerprint density at radius 3 is 2.31 bits per heavy atom. The Morgan fingerprint density at radius 1 is 0.862 bits per heavy atom. The van der Waals surface area contributed by atoms with E-state index in [0.29, 0.717) is 11.4 Å². The van der Waals surface area contributed by atoms with Gasteiger partial charge in [0.1, 0.15) is 5.75 Å². The minimum absolute atomic E-state index is 0.00887. The van der Waals surface area contributed by atoms with Crippen LogP contribution in [0.3, 0.4) is 0 Å². The van der Waals surface area contributed by atoms with E-state index in [-0.39, 0.29) is 25.4 Å². The first kappa shape index (κ1) is 21.9. The van der Waals surface area contributed by atoms with Crippen LogP contribution in [0.25, 0.3) is 0 Å². The summed E-state index contributed by atoms with van der Waals surface area (Å²) in [4.78, 5) is 35.6. The van der Waals surface area contributed by atoms with Gasteiger partial charge in [0, 0.05) is 18.5 Å². The lowest BCUT2D eigenvalue weighted by Crippen LogP contribution is -2.44. The molecule has 3 N–H and O–H groups in total. The first-order valence-corrected chi connectivity index (χ1v) is 9.54. The maximum Gasteiger partial charge on any atom is 0.276 e. The summed E-state index contributed by atoms with van der Waals surface area (Å²) >= 11 is 0. The summed E-state index contributed by atoms with van der Waals surface area (Å²) in [5, 5.41) is 2.75. The number of rotatable bonds is 8. The molecule has 7 heteroatoms. The van der Waals surface area contributed by atoms with Crippen molar-refractivity contribution >= 4 is 23.4 Å². The molecule has 0 heterocycles. The van der Waals surface area contributed by atoms with Crippen LogP contribution in [0.1, 0.15) is 36.5 Å². The van der Waals surface area contributed by atoms with E-state index in [1.165, 1.54) is 0 Å². The van der Waals surface area contributed by atoms with E-state index < -0.39 is 11.8 Å². The largest absolute Gasteiger partial charge is 0.484 e. The molecule has 3 amide bonds. The minimum Gasteiger partial charge on any atom is -0.484 e. The van der Waals surface area contributed by atoms with Gasteiger partial charge in [-0.3, -0.25) is 25.2 Å². The summed E-state index contributed by atoms with van der Waals surface area (Å²) < 4.78 is 5.40. The van der Waals surface area contributed by atoms with Crippen LogP contribution in [-0.2, 0) is 20.8 Å². The zero-order chi connectivity index (χ0) is 21.2. The number of carbonyl (C=O) groups excluding carboxylic acids is 3. The number of hydrogen-bond acceptors (Lipinski definition) is 4. The lowest BCUT2D eigenvalue weighted by atomic mass is 10.1. The second-order valence-corrected chi connectivity index (χ2v) is 6.73. The third kappa shape index (κ3) is 7.65. The summed E-state index contributed by atoms with van der Waals surface area (Å²) in [6.07, 6.45) is 0.835. The fourth-order valence-electron chi connectivity index (χ4n) is 2.51. The topological polar surface area (TPSA) is 96.5 Å². The summed E-state index contributed by atoms with van der Waals surface area (Å²) in [5.74, 6) is -0.621. The Morgan fingerprint density at radius 2 is 1.59 bits per heavy atom. The fourth-order valence-corrected chi connectivity index (χ4v) is 2.51. The monoisotopic (exact) mass is 397 g/mol. The molecule has 0 fully saturated rings. The number of hydrazine groups is 1. The number of ether oxygens (including phenoxy) is 1. The molecular formula is C22H27N3O4. The van der Waals surface area contributed by atoms with Gasteiger partial charge in [0.15, 0.2) is 6.61 Å². The SMILES string of the molecule is CCc1cccc(OCC(=O)NNC(=O)CCC(=O)Nc2ccc(C)c(C)c2)c1. The molecule has 7 nitrogen and oxygen atoms in total. The molecule has 0 aromatic heterocycles. The van der Waals surface area contributed by atoms with Gasteiger partial charge in [0.05, 0.1) is 0 Å². The number of carbonyl (C=O) groups is 3. The van der Waals surface area contributed by atoms with Crippen LogP contribution in [0, 0.1) is 13.8 Å². The Labute approximate surface area is 170 Å². The number of hydrogen-bond donors (Lipinski definition) is 3. The maximum absolute atomic E-state index is 12.0. The highest BCUT2D eigenvalue weighted by atomic mass is 16.5. The van der Waals surface area contributed by atoms with Crippen molar-refractivity contribution in [3.63, 3.8) is 0 Å². The van der Waals surface area contributed by atoms with E-state index >= 15 is 0 Å². The molecule has 2 rings (SSSR count). The van der Waals surface area contributed by atoms with Gasteiger partial charge in [-0.25, -0.2) is 0 Å². The molecule has 0 aliphatic rings. The van der Waals surface area contributed by atoms with Crippen LogP contribution in [0.5, 0.6) is 5.75 Å². The minimum atomic E-state index is -0.486. The molecule has 0 unspecified atom stereocenters. The quantitative estimate of drug-likeness (QED) is 0.597. The van der Waals surface area contributed by atoms with Crippen LogP contribution >= 0.6 is 0 Å². The van der Waals surface area contributed by atoms with Crippen LogP contribution in [-0.4, -0.2) is 24.3 Å². The Balaban J connectivity index is 1.66. The zero-order valence-electron chi connectivity index (χ0n) is 17.0. The fraction of sp³-hybridized carbons (Fsp3) is 0.318. The highest BCUT2D eigenvalue weighted by Gasteiger charge is 2.09. The third-order valence-electron chi connectivity index (χ3n) is 4.39. The van der Waals surface area contributed by atoms with Gasteiger partial charge in [-0.1, -0.05) is 25.1 Å². The van der Waals surface area contributed by atoms with Crippen molar-refractivity contribution in [3.8, 4) is 5.75 Å². The van der Waals surface area contributed by atoms with Gasteiger partial charge in [-0.15, -0.1) is 0 Å². The van der Waals surface area contributed by atoms with Gasteiger partial charge in [0.25, 0.3) is 5.91 Å². The number of aryl methyl sites for hydroxylation is 3. The standard InChI is InChI=1S/C22H27N3O4/c1-4-17-6-5-7-19(13-17)29-14-22(28)25-24-21(27)11-10-20(26)23-18-9-8-15(2)16(3)12-18/h5-9,12-13H,4,10-11,14H2,1-3H3,(H,23,26)(H,24,27)(H,25,28). The van der Waals surface area contributed by atoms with Crippen LogP contribution in [0.4, 0.5) is 5.69 Å². The van der Waals surface area contributed by atoms with Gasteiger partial charge in [0.2, 0.25) is 11.8 Å². The summed E-state index contributed by atoms with van der Waals surface area (Å²) in [5.41, 5.74) is 8.56. The molecule has 2 aromatic rings. The van der Waals surface area contributed by atoms with Crippen molar-refractivity contribution in [3.05, 3.63) is 59.2 Å². The van der Waals surface area contributed by atoms with Crippen molar-refractivity contribution < 1.29 is 19.1 Å². The van der Waals surface area contributed by atoms with E-state index in [1.54, 1.807) is 6.07 Å². The highest BCUT2D eigenvalue weighted by Crippen LogP contribution is 2.15. The Bertz CT molecular complexity index is 880. The summed E-state index contributed by atoms with van der Waals surface area (Å²) in [6, 6.07) is 13.1. The molecule has 2 aromatic carbocycles. The molecular weight excluding hydrogens is 370 g/mol. The van der Waals surface area contributed by atoms with Crippen molar-refractivity contribution in [2.75, 3.05) is 11.9 Å². The van der Waals surface area contributed by atoms with Crippen molar-refractivity contribution in [2.24, 2.45) is 0 Å². The number of nitrogens with one attached hydrogen (secondary N) is 3. The van der Waals surface area contributed by atoms with E-state index in [0.717, 1.165) is 23.1 Å². The predicted octanol–water partition coefficient (Wildman–Crippen LogP) is 2.81. The first-order valence-electron chi connectivity index (χ1n) is 9.54. The van der Waals surface area contributed by atoms with E-state index in [2.05, 4.69) is 16.2 Å². The number of anilines is 1. The molecule has 0 atom stereocenters. The molecule has 0 saturated heterocycles. The number of benzene rings is 2. The van der Waals surface area contributed by atoms with Gasteiger partial charge >= 0.3 is 0 Å². The Hall–Kier alpha value is -3.35. The smallest absolute Gasteiger partial charge is 0.276 e. The maximum atomic E-state index is 12.0. The summed E-state index contributed by atoms with van der Waals surface area (Å²) in [6.45, 7) is 5.77. The molecule has 29 heavy (non-hydrogen) atoms. The van der Waals surface area contributed by atoms with E-state index in [1.807, 2.05) is 57.2 Å². The zero-order valence-corrected chi connectivity index (χ0v) is 17.0. The second kappa shape index (κ2) is 10.8. The highest BCUT2D eigenvalue weighted by molar-refractivity contribution is 5.93. The van der Waals surface area contributed by atoms with Gasteiger partial charge in [-0.05, 0) is 61.2 Å². The van der Waals surface area contributed by atoms with E-state index in [9.17, 15) is 14.4 Å². The molecule has 0 spiro atoms. The first-order chi connectivity index (χ1) is 13.9. The molecule has 0 saturated carbocycles. The van der Waals surface area contributed by atoms with Crippen molar-refractivity contribution in [1.29, 1.82) is 0 Å². The predicted molar refractivity (Wildman–Crippen MR) is 111 cm³/mol. The normalized spacial score (nSPS) is 10.2. The molecule has 154 valence electrons. The average Bonchev–Trinajstić information content (AvgIpc) is 2.72. The molecule has 0 radical (unpaired) electrons. The van der Waals surface area contributed by atoms with Crippen LogP contribution in [0.2, 0.25) is 0 Å². The lowest BCUT2D eigenvalue weighted by molar-refractivity contribution is -0.130. The molecule has 0 bridgehead atoms. The van der Waals surface area contributed by atoms with Crippen molar-refractivity contribution in [1.82, 2.24) is 10.9 Å². The van der Waals surface area contributed by atoms with Gasteiger partial charge < -0.3 is 10.1 Å². The molecule has 0 aliphatic carbocycles. The molecule has 0 aliphatic heterocycles. The van der Waals surface area contributed by atoms with Gasteiger partial charge in [-0.2, -0.15) is 0 Å². The second-order valence-electron chi connectivity index (χ2n) is 6.73. The lowest BCUT2D eigenvalue weighted by Gasteiger charge is -2.10. The third-order valence-corrected chi connectivity index (χ3v) is 4.39. The van der Waals surface area contributed by atoms with Crippen LogP contribution in [0.15, 0.2) is 42.5 Å². The van der Waals surface area contributed by atoms with Crippen LogP contribution < -0.4 is 20.9 Å². The Kier molecular flexibility index (Phi) is 8.21.